The molecule has 1 aromatic heterocycles. The van der Waals surface area contributed by atoms with Gasteiger partial charge in [-0.1, -0.05) is 6.42 Å². The molecule has 1 aliphatic heterocycles. The molecule has 25 heavy (non-hydrogen) atoms. The Morgan fingerprint density at radius 1 is 1.16 bits per heavy atom. The van der Waals surface area contributed by atoms with Crippen molar-refractivity contribution in [2.45, 2.75) is 51.1 Å². The zero-order chi connectivity index (χ0) is 17.4. The molecule has 0 bridgehead atoms. The van der Waals surface area contributed by atoms with Crippen LogP contribution in [0.4, 0.5) is 8.78 Å². The van der Waals surface area contributed by atoms with Gasteiger partial charge in [0.1, 0.15) is 11.6 Å². The number of benzene rings is 1. The van der Waals surface area contributed by atoms with Crippen LogP contribution < -0.4 is 0 Å². The molecule has 4 rings (SSSR count). The largest absolute Gasteiger partial charge is 0.337 e. The number of rotatable bonds is 3. The molecule has 2 aromatic rings. The molecule has 1 atom stereocenters. The summed E-state index contributed by atoms with van der Waals surface area (Å²) in [6, 6.07) is 2.63. The van der Waals surface area contributed by atoms with Crippen molar-refractivity contribution in [2.75, 3.05) is 13.1 Å². The number of aromatic amines is 1. The highest BCUT2D eigenvalue weighted by Gasteiger charge is 2.26. The molecule has 0 amide bonds. The summed E-state index contributed by atoms with van der Waals surface area (Å²) < 4.78 is 30.5. The van der Waals surface area contributed by atoms with Crippen LogP contribution in [-0.4, -0.2) is 27.5 Å². The molecular formula is C19H23F2N3S. The van der Waals surface area contributed by atoms with Crippen LogP contribution in [0.15, 0.2) is 18.3 Å². The summed E-state index contributed by atoms with van der Waals surface area (Å²) in [5, 5.41) is 0. The average molecular weight is 363 g/mol. The van der Waals surface area contributed by atoms with Gasteiger partial charge in [-0.05, 0) is 74.6 Å². The minimum atomic E-state index is -0.497. The molecule has 1 aromatic carbocycles. The van der Waals surface area contributed by atoms with E-state index < -0.39 is 11.6 Å². The Morgan fingerprint density at radius 3 is 2.76 bits per heavy atom. The van der Waals surface area contributed by atoms with Crippen LogP contribution in [0, 0.1) is 16.4 Å². The Morgan fingerprint density at radius 2 is 1.96 bits per heavy atom. The number of nitrogens with zero attached hydrogens (tertiary/aromatic N) is 2. The fourth-order valence-corrected chi connectivity index (χ4v) is 4.61. The summed E-state index contributed by atoms with van der Waals surface area (Å²) in [6.45, 7) is 3.14. The maximum atomic E-state index is 14.0. The number of fused-ring (bicyclic) bond motifs is 1. The van der Waals surface area contributed by atoms with Gasteiger partial charge < -0.3 is 9.55 Å². The third-order valence-corrected chi connectivity index (χ3v) is 5.84. The van der Waals surface area contributed by atoms with Gasteiger partial charge in [-0.2, -0.15) is 0 Å². The van der Waals surface area contributed by atoms with Crippen molar-refractivity contribution < 1.29 is 8.78 Å². The molecule has 1 saturated heterocycles. The Bertz CT molecular complexity index is 821. The Balaban J connectivity index is 1.60. The summed E-state index contributed by atoms with van der Waals surface area (Å²) >= 11 is 5.51. The third kappa shape index (κ3) is 3.42. The van der Waals surface area contributed by atoms with Crippen molar-refractivity contribution in [1.29, 1.82) is 0 Å². The van der Waals surface area contributed by atoms with Crippen molar-refractivity contribution >= 4 is 12.2 Å². The van der Waals surface area contributed by atoms with Crippen LogP contribution in [0.3, 0.4) is 0 Å². The average Bonchev–Trinajstić information content (AvgIpc) is 2.95. The molecule has 1 fully saturated rings. The van der Waals surface area contributed by atoms with Gasteiger partial charge >= 0.3 is 0 Å². The van der Waals surface area contributed by atoms with Crippen LogP contribution in [-0.2, 0) is 19.4 Å². The van der Waals surface area contributed by atoms with Gasteiger partial charge in [-0.3, -0.25) is 4.90 Å². The van der Waals surface area contributed by atoms with E-state index in [1.54, 1.807) is 0 Å². The number of halogens is 2. The lowest BCUT2D eigenvalue weighted by atomic mass is 9.87. The zero-order valence-electron chi connectivity index (χ0n) is 14.2. The minimum Gasteiger partial charge on any atom is -0.337 e. The first-order chi connectivity index (χ1) is 12.1. The summed E-state index contributed by atoms with van der Waals surface area (Å²) in [6.07, 6.45) is 7.90. The van der Waals surface area contributed by atoms with Crippen LogP contribution in [0.2, 0.25) is 0 Å². The number of nitrogens with one attached hydrogen (secondary N) is 1. The molecule has 1 aliphatic carbocycles. The predicted octanol–water partition coefficient (Wildman–Crippen LogP) is 4.54. The maximum absolute atomic E-state index is 14.0. The normalized spacial score (nSPS) is 21.3. The standard InChI is InChI=1S/C19H23F2N3S/c20-14-8-13-9-15(4-5-17(13)18(21)10-14)24-16(11-22-19(24)25)12-23-6-2-1-3-7-23/h8,10-11,15H,1-7,9,12H2,(H,22,25). The van der Waals surface area contributed by atoms with Gasteiger partial charge in [0.2, 0.25) is 0 Å². The molecule has 2 heterocycles. The Kier molecular flexibility index (Phi) is 4.73. The van der Waals surface area contributed by atoms with E-state index in [4.69, 9.17) is 12.2 Å². The first-order valence-corrected chi connectivity index (χ1v) is 9.50. The summed E-state index contributed by atoms with van der Waals surface area (Å²) in [5.74, 6) is -0.914. The van der Waals surface area contributed by atoms with E-state index in [2.05, 4.69) is 14.5 Å². The second kappa shape index (κ2) is 7.00. The highest BCUT2D eigenvalue weighted by molar-refractivity contribution is 7.71. The quantitative estimate of drug-likeness (QED) is 0.810. The van der Waals surface area contributed by atoms with Crippen molar-refractivity contribution in [3.63, 3.8) is 0 Å². The number of imidazole rings is 1. The SMILES string of the molecule is Fc1cc(F)c2c(c1)CC(n1c(CN3CCCCC3)c[nH]c1=S)CC2. The number of H-pyrrole nitrogens is 1. The van der Waals surface area contributed by atoms with Crippen molar-refractivity contribution in [3.8, 4) is 0 Å². The highest BCUT2D eigenvalue weighted by Crippen LogP contribution is 2.32. The fourth-order valence-electron chi connectivity index (χ4n) is 4.29. The Labute approximate surface area is 151 Å². The predicted molar refractivity (Wildman–Crippen MR) is 96.2 cm³/mol. The molecule has 6 heteroatoms. The molecule has 2 aliphatic rings. The number of piperidine rings is 1. The minimum absolute atomic E-state index is 0.159. The Hall–Kier alpha value is -1.53. The lowest BCUT2D eigenvalue weighted by Gasteiger charge is -2.30. The molecular weight excluding hydrogens is 340 g/mol. The molecule has 1 unspecified atom stereocenters. The summed E-state index contributed by atoms with van der Waals surface area (Å²) in [5.41, 5.74) is 2.62. The number of likely N-dealkylation sites (tertiary alicyclic amines) is 1. The van der Waals surface area contributed by atoms with E-state index in [1.807, 2.05) is 6.20 Å². The topological polar surface area (TPSA) is 24.0 Å². The van der Waals surface area contributed by atoms with Crippen molar-refractivity contribution in [2.24, 2.45) is 0 Å². The molecule has 134 valence electrons. The van der Waals surface area contributed by atoms with Gasteiger partial charge in [0.15, 0.2) is 4.77 Å². The lowest BCUT2D eigenvalue weighted by Crippen LogP contribution is -2.31. The second-order valence-corrected chi connectivity index (χ2v) is 7.60. The summed E-state index contributed by atoms with van der Waals surface area (Å²) in [4.78, 5) is 5.64. The van der Waals surface area contributed by atoms with Crippen LogP contribution in [0.1, 0.15) is 48.5 Å². The molecule has 1 N–H and O–H groups in total. The summed E-state index contributed by atoms with van der Waals surface area (Å²) in [7, 11) is 0. The zero-order valence-corrected chi connectivity index (χ0v) is 15.0. The second-order valence-electron chi connectivity index (χ2n) is 7.21. The van der Waals surface area contributed by atoms with E-state index in [1.165, 1.54) is 31.0 Å². The number of hydrogen-bond acceptors (Lipinski definition) is 2. The third-order valence-electron chi connectivity index (χ3n) is 5.53. The van der Waals surface area contributed by atoms with E-state index in [0.717, 1.165) is 37.7 Å². The van der Waals surface area contributed by atoms with Crippen molar-refractivity contribution in [1.82, 2.24) is 14.5 Å². The van der Waals surface area contributed by atoms with Crippen molar-refractivity contribution in [3.05, 3.63) is 51.6 Å². The number of aromatic nitrogens is 2. The van der Waals surface area contributed by atoms with E-state index in [9.17, 15) is 8.78 Å². The smallest absolute Gasteiger partial charge is 0.177 e. The van der Waals surface area contributed by atoms with E-state index in [0.29, 0.717) is 23.2 Å². The first kappa shape index (κ1) is 16.9. The van der Waals surface area contributed by atoms with E-state index >= 15 is 0 Å². The molecule has 0 radical (unpaired) electrons. The maximum Gasteiger partial charge on any atom is 0.177 e. The van der Waals surface area contributed by atoms with Gasteiger partial charge in [0.05, 0.1) is 5.69 Å². The molecule has 3 nitrogen and oxygen atoms in total. The number of hydrogen-bond donors (Lipinski definition) is 1. The van der Waals surface area contributed by atoms with Gasteiger partial charge in [0, 0.05) is 24.8 Å². The van der Waals surface area contributed by atoms with Crippen LogP contribution in [0.25, 0.3) is 0 Å². The molecule has 0 saturated carbocycles. The van der Waals surface area contributed by atoms with Crippen LogP contribution >= 0.6 is 12.2 Å². The van der Waals surface area contributed by atoms with Gasteiger partial charge in [-0.25, -0.2) is 8.78 Å². The van der Waals surface area contributed by atoms with E-state index in [-0.39, 0.29) is 6.04 Å². The van der Waals surface area contributed by atoms with Gasteiger partial charge in [0.25, 0.3) is 0 Å². The monoisotopic (exact) mass is 363 g/mol. The lowest BCUT2D eigenvalue weighted by molar-refractivity contribution is 0.213. The molecule has 0 spiro atoms. The highest BCUT2D eigenvalue weighted by atomic mass is 32.1. The van der Waals surface area contributed by atoms with Crippen LogP contribution in [0.5, 0.6) is 0 Å². The first-order valence-electron chi connectivity index (χ1n) is 9.10. The fraction of sp³-hybridized carbons (Fsp3) is 0.526. The van der Waals surface area contributed by atoms with Gasteiger partial charge in [-0.15, -0.1) is 0 Å².